The molecule has 0 aliphatic carbocycles. The van der Waals surface area contributed by atoms with Gasteiger partial charge in [0.05, 0.1) is 18.0 Å². The molecule has 0 unspecified atom stereocenters. The molecular formula is C27H32N2O3S. The minimum absolute atomic E-state index is 0.0806. The molecule has 0 radical (unpaired) electrons. The SMILES string of the molecule is CCCS(=O)(=O)N(Cc1ccc(C(=O)Nc2ccccc2CC)cc1)c1ccc(C)c(C)c1. The Kier molecular flexibility index (Phi) is 7.92. The van der Waals surface area contributed by atoms with Crippen LogP contribution in [0.15, 0.2) is 66.7 Å². The van der Waals surface area contributed by atoms with Gasteiger partial charge in [-0.05, 0) is 79.3 Å². The average molecular weight is 465 g/mol. The number of carbonyl (C=O) groups is 1. The number of sulfonamides is 1. The highest BCUT2D eigenvalue weighted by molar-refractivity contribution is 7.92. The van der Waals surface area contributed by atoms with E-state index in [4.69, 9.17) is 0 Å². The van der Waals surface area contributed by atoms with Gasteiger partial charge in [0.15, 0.2) is 0 Å². The average Bonchev–Trinajstić information content (AvgIpc) is 2.80. The van der Waals surface area contributed by atoms with Gasteiger partial charge in [-0.3, -0.25) is 9.10 Å². The maximum absolute atomic E-state index is 13.0. The number of nitrogens with one attached hydrogen (secondary N) is 1. The van der Waals surface area contributed by atoms with Crippen LogP contribution in [0.2, 0.25) is 0 Å². The summed E-state index contributed by atoms with van der Waals surface area (Å²) in [5.41, 5.74) is 6.05. The first-order valence-corrected chi connectivity index (χ1v) is 12.9. The van der Waals surface area contributed by atoms with E-state index in [2.05, 4.69) is 5.32 Å². The van der Waals surface area contributed by atoms with E-state index in [1.54, 1.807) is 12.1 Å². The Bertz CT molecular complexity index is 1220. The van der Waals surface area contributed by atoms with Gasteiger partial charge in [-0.15, -0.1) is 0 Å². The van der Waals surface area contributed by atoms with Crippen LogP contribution in [0.5, 0.6) is 0 Å². The molecule has 0 atom stereocenters. The first kappa shape index (κ1) is 24.5. The van der Waals surface area contributed by atoms with Crippen LogP contribution >= 0.6 is 0 Å². The van der Waals surface area contributed by atoms with Crippen molar-refractivity contribution < 1.29 is 13.2 Å². The number of rotatable bonds is 9. The molecule has 0 aliphatic rings. The summed E-state index contributed by atoms with van der Waals surface area (Å²) >= 11 is 0. The van der Waals surface area contributed by atoms with Crippen LogP contribution in [-0.4, -0.2) is 20.1 Å². The lowest BCUT2D eigenvalue weighted by molar-refractivity contribution is 0.102. The normalized spacial score (nSPS) is 11.3. The first-order chi connectivity index (χ1) is 15.7. The van der Waals surface area contributed by atoms with Crippen molar-refractivity contribution in [2.45, 2.75) is 47.1 Å². The van der Waals surface area contributed by atoms with Gasteiger partial charge in [-0.25, -0.2) is 8.42 Å². The van der Waals surface area contributed by atoms with Gasteiger partial charge in [-0.2, -0.15) is 0 Å². The van der Waals surface area contributed by atoms with E-state index in [-0.39, 0.29) is 18.2 Å². The molecule has 5 nitrogen and oxygen atoms in total. The summed E-state index contributed by atoms with van der Waals surface area (Å²) in [6, 6.07) is 20.6. The zero-order valence-corrected chi connectivity index (χ0v) is 20.6. The first-order valence-electron chi connectivity index (χ1n) is 11.3. The number of nitrogens with zero attached hydrogens (tertiary/aromatic N) is 1. The van der Waals surface area contributed by atoms with Crippen LogP contribution in [-0.2, 0) is 23.0 Å². The second-order valence-electron chi connectivity index (χ2n) is 8.25. The largest absolute Gasteiger partial charge is 0.322 e. The van der Waals surface area contributed by atoms with Crippen LogP contribution in [0, 0.1) is 13.8 Å². The van der Waals surface area contributed by atoms with Crippen LogP contribution in [0.3, 0.4) is 0 Å². The summed E-state index contributed by atoms with van der Waals surface area (Å²) in [7, 11) is -3.47. The number of hydrogen-bond acceptors (Lipinski definition) is 3. The fourth-order valence-electron chi connectivity index (χ4n) is 3.67. The third kappa shape index (κ3) is 6.02. The van der Waals surface area contributed by atoms with E-state index in [0.717, 1.165) is 34.4 Å². The summed E-state index contributed by atoms with van der Waals surface area (Å²) in [5, 5.41) is 2.97. The molecule has 0 saturated heterocycles. The van der Waals surface area contributed by atoms with Gasteiger partial charge in [0.1, 0.15) is 0 Å². The van der Waals surface area contributed by atoms with E-state index in [1.165, 1.54) is 4.31 Å². The van der Waals surface area contributed by atoms with Gasteiger partial charge in [-0.1, -0.05) is 50.2 Å². The standard InChI is InChI=1S/C27H32N2O3S/c1-5-17-33(31,32)29(25-16-11-20(3)21(4)18-25)19-22-12-14-24(15-13-22)27(30)28-26-10-8-7-9-23(26)6-2/h7-16,18H,5-6,17,19H2,1-4H3,(H,28,30). The molecule has 0 spiro atoms. The Labute approximate surface area is 197 Å². The molecule has 0 heterocycles. The number of hydrogen-bond donors (Lipinski definition) is 1. The number of anilines is 2. The van der Waals surface area contributed by atoms with Crippen LogP contribution in [0.4, 0.5) is 11.4 Å². The van der Waals surface area contributed by atoms with E-state index in [9.17, 15) is 13.2 Å². The van der Waals surface area contributed by atoms with Gasteiger partial charge in [0.2, 0.25) is 10.0 Å². The van der Waals surface area contributed by atoms with Crippen LogP contribution in [0.25, 0.3) is 0 Å². The van der Waals surface area contributed by atoms with Gasteiger partial charge >= 0.3 is 0 Å². The number of aryl methyl sites for hydroxylation is 3. The highest BCUT2D eigenvalue weighted by Crippen LogP contribution is 2.25. The number of carbonyl (C=O) groups excluding carboxylic acids is 1. The Morgan fingerprint density at radius 3 is 2.24 bits per heavy atom. The molecule has 0 saturated carbocycles. The number of benzene rings is 3. The fourth-order valence-corrected chi connectivity index (χ4v) is 5.19. The monoisotopic (exact) mass is 464 g/mol. The molecule has 0 bridgehead atoms. The van der Waals surface area contributed by atoms with Gasteiger partial charge < -0.3 is 5.32 Å². The zero-order chi connectivity index (χ0) is 24.0. The lowest BCUT2D eigenvalue weighted by atomic mass is 10.1. The molecule has 33 heavy (non-hydrogen) atoms. The van der Waals surface area contributed by atoms with Crippen molar-refractivity contribution in [2.24, 2.45) is 0 Å². The Balaban J connectivity index is 1.82. The topological polar surface area (TPSA) is 66.5 Å². The smallest absolute Gasteiger partial charge is 0.255 e. The van der Waals surface area contributed by atoms with Crippen molar-refractivity contribution in [2.75, 3.05) is 15.4 Å². The third-order valence-corrected chi connectivity index (χ3v) is 7.70. The van der Waals surface area contributed by atoms with E-state index < -0.39 is 10.0 Å². The summed E-state index contributed by atoms with van der Waals surface area (Å²) in [5.74, 6) is -0.107. The van der Waals surface area contributed by atoms with Crippen molar-refractivity contribution in [3.05, 3.63) is 94.5 Å². The molecule has 1 N–H and O–H groups in total. The lowest BCUT2D eigenvalue weighted by Crippen LogP contribution is -2.32. The lowest BCUT2D eigenvalue weighted by Gasteiger charge is -2.25. The highest BCUT2D eigenvalue weighted by atomic mass is 32.2. The molecule has 3 aromatic carbocycles. The van der Waals surface area contributed by atoms with E-state index >= 15 is 0 Å². The zero-order valence-electron chi connectivity index (χ0n) is 19.8. The van der Waals surface area contributed by atoms with Gasteiger partial charge in [0.25, 0.3) is 5.91 Å². The Morgan fingerprint density at radius 2 is 1.61 bits per heavy atom. The number of amides is 1. The number of para-hydroxylation sites is 1. The Morgan fingerprint density at radius 1 is 0.909 bits per heavy atom. The molecule has 0 fully saturated rings. The summed E-state index contributed by atoms with van der Waals surface area (Å²) < 4.78 is 27.5. The summed E-state index contributed by atoms with van der Waals surface area (Å²) in [4.78, 5) is 12.7. The maximum Gasteiger partial charge on any atom is 0.255 e. The predicted octanol–water partition coefficient (Wildman–Crippen LogP) is 5.86. The molecule has 1 amide bonds. The highest BCUT2D eigenvalue weighted by Gasteiger charge is 2.22. The Hall–Kier alpha value is -3.12. The molecular weight excluding hydrogens is 432 g/mol. The summed E-state index contributed by atoms with van der Waals surface area (Å²) in [6.45, 7) is 8.11. The molecule has 6 heteroatoms. The van der Waals surface area contributed by atoms with Crippen molar-refractivity contribution in [3.8, 4) is 0 Å². The summed E-state index contributed by atoms with van der Waals surface area (Å²) in [6.07, 6.45) is 1.37. The van der Waals surface area contributed by atoms with Crippen molar-refractivity contribution >= 4 is 27.3 Å². The maximum atomic E-state index is 13.0. The molecule has 3 aromatic rings. The third-order valence-electron chi connectivity index (χ3n) is 5.77. The quantitative estimate of drug-likeness (QED) is 0.431. The van der Waals surface area contributed by atoms with Crippen molar-refractivity contribution in [1.29, 1.82) is 0 Å². The fraction of sp³-hybridized carbons (Fsp3) is 0.296. The second-order valence-corrected chi connectivity index (χ2v) is 10.3. The minimum atomic E-state index is -3.47. The van der Waals surface area contributed by atoms with Gasteiger partial charge in [0, 0.05) is 11.3 Å². The molecule has 0 aromatic heterocycles. The van der Waals surface area contributed by atoms with Crippen molar-refractivity contribution in [3.63, 3.8) is 0 Å². The van der Waals surface area contributed by atoms with E-state index in [1.807, 2.05) is 82.3 Å². The van der Waals surface area contributed by atoms with E-state index in [0.29, 0.717) is 17.7 Å². The predicted molar refractivity (Wildman–Crippen MR) is 136 cm³/mol. The van der Waals surface area contributed by atoms with Crippen LogP contribution in [0.1, 0.15) is 52.9 Å². The molecule has 0 aliphatic heterocycles. The molecule has 3 rings (SSSR count). The minimum Gasteiger partial charge on any atom is -0.322 e. The molecule has 174 valence electrons. The second kappa shape index (κ2) is 10.7. The van der Waals surface area contributed by atoms with Crippen molar-refractivity contribution in [1.82, 2.24) is 0 Å². The van der Waals surface area contributed by atoms with Crippen LogP contribution < -0.4 is 9.62 Å².